The quantitative estimate of drug-likeness (QED) is 0.836. The number of aryl methyl sites for hydroxylation is 1. The summed E-state index contributed by atoms with van der Waals surface area (Å²) in [4.78, 5) is 25.7. The van der Waals surface area contributed by atoms with Crippen molar-refractivity contribution in [1.82, 2.24) is 14.7 Å². The standard InChI is InChI=1S/C17H18FN3O3/c1-20-9-11(8-19-20)6-13-7-16(23)21(17(13)24)10-15(22)12-2-4-14(18)5-3-12/h2-5,8-9,13,15,22H,6-7,10H2,1H3/t13-,15-/m0/s1. The van der Waals surface area contributed by atoms with E-state index in [1.807, 2.05) is 6.20 Å². The molecule has 0 radical (unpaired) electrons. The fourth-order valence-corrected chi connectivity index (χ4v) is 2.93. The predicted molar refractivity (Wildman–Crippen MR) is 83.1 cm³/mol. The first kappa shape index (κ1) is 16.3. The Hall–Kier alpha value is -2.54. The predicted octanol–water partition coefficient (Wildman–Crippen LogP) is 1.21. The molecule has 1 aliphatic rings. The molecule has 1 aromatic heterocycles. The number of halogens is 1. The van der Waals surface area contributed by atoms with E-state index in [0.717, 1.165) is 10.5 Å². The van der Waals surface area contributed by atoms with Gasteiger partial charge in [-0.05, 0) is 29.7 Å². The number of rotatable bonds is 5. The number of carbonyl (C=O) groups excluding carboxylic acids is 2. The van der Waals surface area contributed by atoms with Crippen LogP contribution in [0.5, 0.6) is 0 Å². The molecular weight excluding hydrogens is 313 g/mol. The molecule has 24 heavy (non-hydrogen) atoms. The van der Waals surface area contributed by atoms with Crippen LogP contribution in [-0.2, 0) is 23.1 Å². The summed E-state index contributed by atoms with van der Waals surface area (Å²) >= 11 is 0. The summed E-state index contributed by atoms with van der Waals surface area (Å²) in [6, 6.07) is 5.35. The van der Waals surface area contributed by atoms with Crippen molar-refractivity contribution in [2.75, 3.05) is 6.54 Å². The highest BCUT2D eigenvalue weighted by atomic mass is 19.1. The number of hydrogen-bond acceptors (Lipinski definition) is 4. The van der Waals surface area contributed by atoms with Crippen LogP contribution in [0.25, 0.3) is 0 Å². The topological polar surface area (TPSA) is 75.4 Å². The van der Waals surface area contributed by atoms with Crippen LogP contribution < -0.4 is 0 Å². The van der Waals surface area contributed by atoms with Gasteiger partial charge in [-0.1, -0.05) is 12.1 Å². The van der Waals surface area contributed by atoms with Crippen molar-refractivity contribution in [3.8, 4) is 0 Å². The molecule has 1 aliphatic heterocycles. The largest absolute Gasteiger partial charge is 0.387 e. The van der Waals surface area contributed by atoms with E-state index in [-0.39, 0.29) is 24.8 Å². The van der Waals surface area contributed by atoms with E-state index in [4.69, 9.17) is 0 Å². The summed E-state index contributed by atoms with van der Waals surface area (Å²) in [5.41, 5.74) is 1.36. The molecule has 2 aromatic rings. The van der Waals surface area contributed by atoms with Crippen molar-refractivity contribution in [1.29, 1.82) is 0 Å². The van der Waals surface area contributed by atoms with Gasteiger partial charge in [0.1, 0.15) is 5.82 Å². The number of aromatic nitrogens is 2. The molecule has 1 aromatic carbocycles. The van der Waals surface area contributed by atoms with E-state index >= 15 is 0 Å². The summed E-state index contributed by atoms with van der Waals surface area (Å²) in [6.45, 7) is -0.118. The first-order chi connectivity index (χ1) is 11.4. The van der Waals surface area contributed by atoms with Gasteiger partial charge in [-0.3, -0.25) is 19.2 Å². The Morgan fingerprint density at radius 2 is 2.04 bits per heavy atom. The number of imide groups is 1. The first-order valence-corrected chi connectivity index (χ1v) is 7.69. The van der Waals surface area contributed by atoms with Crippen molar-refractivity contribution < 1.29 is 19.1 Å². The van der Waals surface area contributed by atoms with Crippen LogP contribution in [0.2, 0.25) is 0 Å². The highest BCUT2D eigenvalue weighted by Crippen LogP contribution is 2.26. The molecule has 0 bridgehead atoms. The number of amides is 2. The molecule has 7 heteroatoms. The van der Waals surface area contributed by atoms with E-state index in [2.05, 4.69) is 5.10 Å². The van der Waals surface area contributed by atoms with Crippen molar-refractivity contribution in [2.45, 2.75) is 18.9 Å². The average Bonchev–Trinajstić information content (AvgIpc) is 3.06. The van der Waals surface area contributed by atoms with E-state index in [0.29, 0.717) is 12.0 Å². The number of hydrogen-bond donors (Lipinski definition) is 1. The average molecular weight is 331 g/mol. The Bertz CT molecular complexity index is 757. The Balaban J connectivity index is 1.66. The van der Waals surface area contributed by atoms with Crippen LogP contribution in [0.15, 0.2) is 36.7 Å². The molecule has 3 rings (SSSR count). The summed E-state index contributed by atoms with van der Waals surface area (Å²) in [5, 5.41) is 14.3. The number of aliphatic hydroxyl groups is 1. The molecule has 0 unspecified atom stereocenters. The van der Waals surface area contributed by atoms with E-state index in [9.17, 15) is 19.1 Å². The Labute approximate surface area is 138 Å². The molecule has 0 aliphatic carbocycles. The summed E-state index contributed by atoms with van der Waals surface area (Å²) in [5.74, 6) is -1.42. The number of nitrogens with zero attached hydrogens (tertiary/aromatic N) is 3. The zero-order chi connectivity index (χ0) is 17.3. The molecule has 2 atom stereocenters. The van der Waals surface area contributed by atoms with Crippen LogP contribution >= 0.6 is 0 Å². The molecule has 2 heterocycles. The summed E-state index contributed by atoms with van der Waals surface area (Å²) in [6.07, 6.45) is 3.03. The highest BCUT2D eigenvalue weighted by Gasteiger charge is 2.39. The van der Waals surface area contributed by atoms with Gasteiger partial charge in [0, 0.05) is 19.7 Å². The molecule has 6 nitrogen and oxygen atoms in total. The summed E-state index contributed by atoms with van der Waals surface area (Å²) in [7, 11) is 1.79. The van der Waals surface area contributed by atoms with Gasteiger partial charge in [0.25, 0.3) is 0 Å². The molecule has 126 valence electrons. The van der Waals surface area contributed by atoms with Gasteiger partial charge in [0.15, 0.2) is 0 Å². The molecule has 0 saturated carbocycles. The minimum atomic E-state index is -1.03. The normalized spacial score (nSPS) is 19.1. The van der Waals surface area contributed by atoms with Gasteiger partial charge >= 0.3 is 0 Å². The van der Waals surface area contributed by atoms with Gasteiger partial charge in [-0.15, -0.1) is 0 Å². The van der Waals surface area contributed by atoms with Crippen molar-refractivity contribution in [3.63, 3.8) is 0 Å². The lowest BCUT2D eigenvalue weighted by molar-refractivity contribution is -0.141. The SMILES string of the molecule is Cn1cc(C[C@H]2CC(=O)N(C[C@H](O)c3ccc(F)cc3)C2=O)cn1. The zero-order valence-corrected chi connectivity index (χ0v) is 13.2. The highest BCUT2D eigenvalue weighted by molar-refractivity contribution is 6.03. The second-order valence-electron chi connectivity index (χ2n) is 6.04. The van der Waals surface area contributed by atoms with Gasteiger partial charge in [0.05, 0.1) is 24.8 Å². The van der Waals surface area contributed by atoms with Crippen LogP contribution in [0.1, 0.15) is 23.7 Å². The smallest absolute Gasteiger partial charge is 0.233 e. The van der Waals surface area contributed by atoms with Gasteiger partial charge in [0.2, 0.25) is 11.8 Å². The van der Waals surface area contributed by atoms with E-state index < -0.39 is 17.8 Å². The van der Waals surface area contributed by atoms with Crippen molar-refractivity contribution in [3.05, 3.63) is 53.6 Å². The lowest BCUT2D eigenvalue weighted by Crippen LogP contribution is -2.34. The fourth-order valence-electron chi connectivity index (χ4n) is 2.93. The van der Waals surface area contributed by atoms with Crippen molar-refractivity contribution >= 4 is 11.8 Å². The minimum absolute atomic E-state index is 0.118. The second kappa shape index (κ2) is 6.52. The lowest BCUT2D eigenvalue weighted by Gasteiger charge is -2.19. The molecular formula is C17H18FN3O3. The third-order valence-electron chi connectivity index (χ3n) is 4.19. The number of aliphatic hydroxyl groups excluding tert-OH is 1. The third kappa shape index (κ3) is 3.35. The van der Waals surface area contributed by atoms with Crippen LogP contribution in [-0.4, -0.2) is 38.1 Å². The zero-order valence-electron chi connectivity index (χ0n) is 13.2. The van der Waals surface area contributed by atoms with Gasteiger partial charge in [-0.2, -0.15) is 5.10 Å². The minimum Gasteiger partial charge on any atom is -0.387 e. The fraction of sp³-hybridized carbons (Fsp3) is 0.353. The van der Waals surface area contributed by atoms with E-state index in [1.54, 1.807) is 17.9 Å². The van der Waals surface area contributed by atoms with Crippen LogP contribution in [0.3, 0.4) is 0 Å². The Kier molecular flexibility index (Phi) is 4.44. The van der Waals surface area contributed by atoms with Gasteiger partial charge < -0.3 is 5.11 Å². The third-order valence-corrected chi connectivity index (χ3v) is 4.19. The maximum atomic E-state index is 12.9. The monoisotopic (exact) mass is 331 g/mol. The maximum Gasteiger partial charge on any atom is 0.233 e. The molecule has 1 N–H and O–H groups in total. The number of benzene rings is 1. The lowest BCUT2D eigenvalue weighted by atomic mass is 10.0. The van der Waals surface area contributed by atoms with Crippen molar-refractivity contribution in [2.24, 2.45) is 13.0 Å². The number of likely N-dealkylation sites (tertiary alicyclic amines) is 1. The molecule has 1 fully saturated rings. The van der Waals surface area contributed by atoms with Crippen LogP contribution in [0.4, 0.5) is 4.39 Å². The van der Waals surface area contributed by atoms with E-state index in [1.165, 1.54) is 24.3 Å². The molecule has 2 amide bonds. The molecule has 1 saturated heterocycles. The summed E-state index contributed by atoms with van der Waals surface area (Å²) < 4.78 is 14.6. The number of β-amino-alcohol motifs (C(OH)–C–C–N with tert-alkyl or cyclic N) is 1. The van der Waals surface area contributed by atoms with Gasteiger partial charge in [-0.25, -0.2) is 4.39 Å². The maximum absolute atomic E-state index is 12.9. The second-order valence-corrected chi connectivity index (χ2v) is 6.04. The number of carbonyl (C=O) groups is 2. The Morgan fingerprint density at radius 1 is 1.33 bits per heavy atom. The Morgan fingerprint density at radius 3 is 2.67 bits per heavy atom. The van der Waals surface area contributed by atoms with Crippen LogP contribution in [0, 0.1) is 11.7 Å². The first-order valence-electron chi connectivity index (χ1n) is 7.69. The molecule has 0 spiro atoms.